The summed E-state index contributed by atoms with van der Waals surface area (Å²) in [5, 5.41) is 22.5. The lowest BCUT2D eigenvalue weighted by molar-refractivity contribution is 0.304. The average molecular weight is 778 g/mol. The van der Waals surface area contributed by atoms with E-state index in [4.69, 9.17) is 40.8 Å². The standard InChI is InChI=1S/C26H23BrClIN4O5S2/c1-30-21(34)18(22(35)31(2)25(30)39)17(19-23(36)32(3)26(40)33(4)24(19)37)13-9-15(27)20(16(28)10-13)38-11-12-5-7-14(29)8-6-12/h5-10,17,34,36H,11H2,1-4H3. The van der Waals surface area contributed by atoms with Crippen LogP contribution in [0.15, 0.2) is 50.5 Å². The molecule has 0 aliphatic heterocycles. The van der Waals surface area contributed by atoms with Crippen LogP contribution in [0, 0.1) is 13.1 Å². The molecule has 0 saturated carbocycles. The lowest BCUT2D eigenvalue weighted by atomic mass is 9.86. The Morgan fingerprint density at radius 1 is 0.900 bits per heavy atom. The molecule has 40 heavy (non-hydrogen) atoms. The molecule has 0 bridgehead atoms. The molecule has 0 saturated heterocycles. The van der Waals surface area contributed by atoms with Crippen molar-refractivity contribution in [3.63, 3.8) is 0 Å². The summed E-state index contributed by atoms with van der Waals surface area (Å²) in [7, 11) is 5.90. The first-order chi connectivity index (χ1) is 18.8. The minimum absolute atomic E-state index is 0.0622. The van der Waals surface area contributed by atoms with Crippen molar-refractivity contribution in [2.45, 2.75) is 12.5 Å². The van der Waals surface area contributed by atoms with E-state index in [9.17, 15) is 19.8 Å². The maximum absolute atomic E-state index is 13.6. The van der Waals surface area contributed by atoms with Crippen LogP contribution in [-0.2, 0) is 34.8 Å². The van der Waals surface area contributed by atoms with Gasteiger partial charge in [-0.25, -0.2) is 0 Å². The van der Waals surface area contributed by atoms with Gasteiger partial charge in [0, 0.05) is 31.8 Å². The van der Waals surface area contributed by atoms with Crippen molar-refractivity contribution in [1.82, 2.24) is 18.3 Å². The van der Waals surface area contributed by atoms with E-state index in [1.165, 1.54) is 52.5 Å². The third-order valence-corrected chi connectivity index (χ3v) is 9.25. The first kappa shape index (κ1) is 30.5. The van der Waals surface area contributed by atoms with Crippen LogP contribution in [-0.4, -0.2) is 28.5 Å². The number of halogens is 3. The Labute approximate surface area is 266 Å². The van der Waals surface area contributed by atoms with Gasteiger partial charge >= 0.3 is 0 Å². The van der Waals surface area contributed by atoms with Crippen molar-refractivity contribution in [2.75, 3.05) is 0 Å². The van der Waals surface area contributed by atoms with Crippen LogP contribution in [0.5, 0.6) is 17.5 Å². The van der Waals surface area contributed by atoms with Crippen LogP contribution in [0.4, 0.5) is 0 Å². The monoisotopic (exact) mass is 776 g/mol. The molecule has 0 fully saturated rings. The van der Waals surface area contributed by atoms with Gasteiger partial charge in [0.25, 0.3) is 11.1 Å². The summed E-state index contributed by atoms with van der Waals surface area (Å²) in [5.41, 5.74) is -0.406. The summed E-state index contributed by atoms with van der Waals surface area (Å²) in [5.74, 6) is -1.85. The molecule has 9 nitrogen and oxygen atoms in total. The number of aromatic hydroxyl groups is 2. The second kappa shape index (κ2) is 11.8. The van der Waals surface area contributed by atoms with Crippen LogP contribution in [0.2, 0.25) is 5.02 Å². The Morgan fingerprint density at radius 3 is 1.82 bits per heavy atom. The zero-order chi connectivity index (χ0) is 29.6. The van der Waals surface area contributed by atoms with Gasteiger partial charge in [-0.05, 0) is 98.3 Å². The number of hydrogen-bond donors (Lipinski definition) is 2. The van der Waals surface area contributed by atoms with Crippen molar-refractivity contribution in [2.24, 2.45) is 28.2 Å². The molecular formula is C26H23BrClIN4O5S2. The molecule has 0 aliphatic rings. The van der Waals surface area contributed by atoms with E-state index in [0.29, 0.717) is 15.8 Å². The number of nitrogens with zero attached hydrogens (tertiary/aromatic N) is 4. The van der Waals surface area contributed by atoms with Gasteiger partial charge < -0.3 is 14.9 Å². The van der Waals surface area contributed by atoms with Gasteiger partial charge in [0.15, 0.2) is 15.3 Å². The van der Waals surface area contributed by atoms with Gasteiger partial charge in [-0.15, -0.1) is 0 Å². The van der Waals surface area contributed by atoms with Crippen LogP contribution < -0.4 is 15.9 Å². The molecule has 0 amide bonds. The zero-order valence-electron chi connectivity index (χ0n) is 21.6. The Kier molecular flexibility index (Phi) is 9.00. The fraction of sp³-hybridized carbons (Fsp3) is 0.231. The average Bonchev–Trinajstić information content (AvgIpc) is 2.92. The fourth-order valence-electron chi connectivity index (χ4n) is 4.32. The van der Waals surface area contributed by atoms with E-state index in [0.717, 1.165) is 9.13 Å². The predicted molar refractivity (Wildman–Crippen MR) is 170 cm³/mol. The highest BCUT2D eigenvalue weighted by Crippen LogP contribution is 2.42. The summed E-state index contributed by atoms with van der Waals surface area (Å²) in [4.78, 5) is 27.1. The second-order valence-corrected chi connectivity index (χ2v) is 12.3. The number of aromatic nitrogens is 4. The van der Waals surface area contributed by atoms with E-state index < -0.39 is 28.8 Å². The van der Waals surface area contributed by atoms with Gasteiger partial charge in [-0.3, -0.25) is 27.9 Å². The Bertz CT molecular complexity index is 1790. The second-order valence-electron chi connectivity index (χ2n) is 9.05. The molecule has 0 atom stereocenters. The highest BCUT2D eigenvalue weighted by atomic mass is 127. The lowest BCUT2D eigenvalue weighted by Crippen LogP contribution is -2.33. The van der Waals surface area contributed by atoms with Crippen molar-refractivity contribution in [3.05, 3.63) is 102 Å². The van der Waals surface area contributed by atoms with E-state index in [1.54, 1.807) is 6.07 Å². The first-order valence-corrected chi connectivity index (χ1v) is 14.7. The summed E-state index contributed by atoms with van der Waals surface area (Å²) in [6, 6.07) is 11.0. The summed E-state index contributed by atoms with van der Waals surface area (Å²) < 4.78 is 12.5. The molecule has 2 heterocycles. The Morgan fingerprint density at radius 2 is 1.38 bits per heavy atom. The van der Waals surface area contributed by atoms with Crippen LogP contribution >= 0.6 is 74.6 Å². The van der Waals surface area contributed by atoms with Gasteiger partial charge in [0.05, 0.1) is 26.5 Å². The number of rotatable bonds is 6. The minimum atomic E-state index is -1.26. The number of ether oxygens (including phenoxy) is 1. The van der Waals surface area contributed by atoms with Gasteiger partial charge in [0.1, 0.15) is 6.61 Å². The van der Waals surface area contributed by atoms with Crippen LogP contribution in [0.3, 0.4) is 0 Å². The van der Waals surface area contributed by atoms with E-state index in [1.807, 2.05) is 24.3 Å². The third-order valence-electron chi connectivity index (χ3n) is 6.56. The molecule has 2 N–H and O–H groups in total. The normalized spacial score (nSPS) is 11.3. The third kappa shape index (κ3) is 5.41. The summed E-state index contributed by atoms with van der Waals surface area (Å²) >= 11 is 23.0. The molecule has 210 valence electrons. The SMILES string of the molecule is Cn1c(O)c(C(c2cc(Cl)c(OCc3ccc(I)cc3)c(Br)c2)c2c(O)n(C)c(=S)n(C)c2=O)c(=O)n(C)c1=S. The van der Waals surface area contributed by atoms with Crippen molar-refractivity contribution < 1.29 is 14.9 Å². The molecule has 0 aliphatic carbocycles. The molecule has 2 aromatic carbocycles. The summed E-state index contributed by atoms with van der Waals surface area (Å²) in [6.45, 7) is 0.243. The molecule has 0 radical (unpaired) electrons. The molecule has 0 spiro atoms. The van der Waals surface area contributed by atoms with Crippen molar-refractivity contribution in [1.29, 1.82) is 0 Å². The molecule has 14 heteroatoms. The summed E-state index contributed by atoms with van der Waals surface area (Å²) in [6.07, 6.45) is 0. The lowest BCUT2D eigenvalue weighted by Gasteiger charge is -2.24. The largest absolute Gasteiger partial charge is 0.494 e. The molecular weight excluding hydrogens is 755 g/mol. The first-order valence-electron chi connectivity index (χ1n) is 11.6. The van der Waals surface area contributed by atoms with Gasteiger partial charge in [-0.1, -0.05) is 23.7 Å². The Balaban J connectivity index is 1.99. The molecule has 0 unspecified atom stereocenters. The van der Waals surface area contributed by atoms with Crippen molar-refractivity contribution >= 4 is 74.6 Å². The minimum Gasteiger partial charge on any atom is -0.494 e. The number of hydrogen-bond acceptors (Lipinski definition) is 7. The van der Waals surface area contributed by atoms with Gasteiger partial charge in [-0.2, -0.15) is 0 Å². The van der Waals surface area contributed by atoms with Crippen molar-refractivity contribution in [3.8, 4) is 17.5 Å². The smallest absolute Gasteiger partial charge is 0.262 e. The Hall–Kier alpha value is -2.46. The van der Waals surface area contributed by atoms with E-state index >= 15 is 0 Å². The highest BCUT2D eigenvalue weighted by Gasteiger charge is 2.33. The molecule has 2 aromatic heterocycles. The van der Waals surface area contributed by atoms with Gasteiger partial charge in [0.2, 0.25) is 11.8 Å². The van der Waals surface area contributed by atoms with Crippen LogP contribution in [0.25, 0.3) is 0 Å². The fourth-order valence-corrected chi connectivity index (χ4v) is 6.01. The topological polar surface area (TPSA) is 104 Å². The zero-order valence-corrected chi connectivity index (χ0v) is 27.7. The molecule has 4 aromatic rings. The maximum atomic E-state index is 13.6. The quantitative estimate of drug-likeness (QED) is 0.200. The highest BCUT2D eigenvalue weighted by molar-refractivity contribution is 14.1. The van der Waals surface area contributed by atoms with E-state index in [2.05, 4.69) is 38.5 Å². The van der Waals surface area contributed by atoms with Crippen LogP contribution in [0.1, 0.15) is 28.2 Å². The van der Waals surface area contributed by atoms with E-state index in [-0.39, 0.29) is 32.3 Å². The number of benzene rings is 2. The maximum Gasteiger partial charge on any atom is 0.262 e. The predicted octanol–water partition coefficient (Wildman–Crippen LogP) is 5.41. The molecule has 4 rings (SSSR count).